The van der Waals surface area contributed by atoms with E-state index in [2.05, 4.69) is 29.6 Å². The minimum atomic E-state index is -0.841. The molecular formula is C26H30N2O5. The van der Waals surface area contributed by atoms with Gasteiger partial charge in [-0.1, -0.05) is 55.5 Å². The molecule has 0 aromatic heterocycles. The van der Waals surface area contributed by atoms with E-state index < -0.39 is 12.1 Å². The first-order valence-corrected chi connectivity index (χ1v) is 11.4. The molecule has 174 valence electrons. The summed E-state index contributed by atoms with van der Waals surface area (Å²) in [6, 6.07) is 15.9. The molecule has 0 spiro atoms. The van der Waals surface area contributed by atoms with Crippen LogP contribution in [0.2, 0.25) is 0 Å². The summed E-state index contributed by atoms with van der Waals surface area (Å²) in [5.41, 5.74) is 4.63. The number of nitrogens with zero attached hydrogens (tertiary/aromatic N) is 1. The van der Waals surface area contributed by atoms with Crippen LogP contribution >= 0.6 is 0 Å². The third kappa shape index (κ3) is 5.02. The Morgan fingerprint density at radius 3 is 2.27 bits per heavy atom. The number of aliphatic carboxylic acids is 1. The smallest absolute Gasteiger partial charge is 0.407 e. The number of carboxylic acids is 1. The highest BCUT2D eigenvalue weighted by molar-refractivity contribution is 5.80. The van der Waals surface area contributed by atoms with Crippen LogP contribution in [-0.2, 0) is 14.3 Å². The van der Waals surface area contributed by atoms with Crippen LogP contribution in [-0.4, -0.2) is 53.7 Å². The van der Waals surface area contributed by atoms with Crippen LogP contribution in [0.5, 0.6) is 0 Å². The van der Waals surface area contributed by atoms with Gasteiger partial charge in [-0.15, -0.1) is 0 Å². The maximum absolute atomic E-state index is 12.6. The first-order chi connectivity index (χ1) is 15.8. The van der Waals surface area contributed by atoms with E-state index in [0.29, 0.717) is 13.1 Å². The van der Waals surface area contributed by atoms with Crippen molar-refractivity contribution in [3.8, 4) is 11.1 Å². The van der Waals surface area contributed by atoms with Gasteiger partial charge in [-0.3, -0.25) is 9.59 Å². The number of benzene rings is 2. The molecule has 7 nitrogen and oxygen atoms in total. The summed E-state index contributed by atoms with van der Waals surface area (Å²) in [4.78, 5) is 37.8. The molecule has 1 heterocycles. The van der Waals surface area contributed by atoms with E-state index in [1.807, 2.05) is 31.2 Å². The van der Waals surface area contributed by atoms with E-state index in [0.717, 1.165) is 11.1 Å². The van der Waals surface area contributed by atoms with E-state index in [4.69, 9.17) is 9.84 Å². The number of likely N-dealkylation sites (tertiary alicyclic amines) is 1. The number of amides is 2. The highest BCUT2D eigenvalue weighted by Crippen LogP contribution is 2.44. The van der Waals surface area contributed by atoms with Crippen LogP contribution in [0.25, 0.3) is 11.1 Å². The lowest BCUT2D eigenvalue weighted by Crippen LogP contribution is -2.39. The van der Waals surface area contributed by atoms with Gasteiger partial charge in [0.1, 0.15) is 6.61 Å². The molecule has 2 aromatic rings. The van der Waals surface area contributed by atoms with Crippen molar-refractivity contribution < 1.29 is 24.2 Å². The average molecular weight is 451 g/mol. The molecule has 0 saturated carbocycles. The first kappa shape index (κ1) is 22.8. The van der Waals surface area contributed by atoms with Gasteiger partial charge in [-0.25, -0.2) is 4.79 Å². The van der Waals surface area contributed by atoms with E-state index in [-0.39, 0.29) is 49.2 Å². The Morgan fingerprint density at radius 1 is 1.06 bits per heavy atom. The predicted octanol–water partition coefficient (Wildman–Crippen LogP) is 3.87. The normalized spacial score (nSPS) is 20.1. The molecule has 2 aliphatic rings. The molecule has 2 N–H and O–H groups in total. The topological polar surface area (TPSA) is 95.9 Å². The standard InChI is InChI=1S/C26H30N2O5/c1-16-13-28(14-18(16)12-25(30)31)24(29)11-17(2)27-26(32)33-15-23-21-9-5-3-7-19(21)20-8-4-6-10-22(20)23/h3-10,16-18,23H,11-15H2,1-2H3,(H,27,32)(H,30,31). The fourth-order valence-corrected chi connectivity index (χ4v) is 5.01. The third-order valence-corrected chi connectivity index (χ3v) is 6.75. The van der Waals surface area contributed by atoms with Crippen molar-refractivity contribution in [2.75, 3.05) is 19.7 Å². The summed E-state index contributed by atoms with van der Waals surface area (Å²) in [5.74, 6) is -0.822. The van der Waals surface area contributed by atoms with Crippen molar-refractivity contribution in [1.29, 1.82) is 0 Å². The van der Waals surface area contributed by atoms with Crippen molar-refractivity contribution in [2.24, 2.45) is 11.8 Å². The van der Waals surface area contributed by atoms with E-state index >= 15 is 0 Å². The zero-order valence-corrected chi connectivity index (χ0v) is 19.0. The first-order valence-electron chi connectivity index (χ1n) is 11.4. The number of fused-ring (bicyclic) bond motifs is 3. The Kier molecular flexibility index (Phi) is 6.67. The highest BCUT2D eigenvalue weighted by atomic mass is 16.5. The minimum Gasteiger partial charge on any atom is -0.481 e. The van der Waals surface area contributed by atoms with Crippen LogP contribution in [0.1, 0.15) is 43.7 Å². The molecule has 4 rings (SSSR count). The zero-order chi connectivity index (χ0) is 23.5. The maximum Gasteiger partial charge on any atom is 0.407 e. The van der Waals surface area contributed by atoms with Crippen LogP contribution < -0.4 is 5.32 Å². The number of ether oxygens (including phenoxy) is 1. The molecule has 7 heteroatoms. The molecule has 2 aromatic carbocycles. The van der Waals surface area contributed by atoms with E-state index in [9.17, 15) is 14.4 Å². The van der Waals surface area contributed by atoms with Gasteiger partial charge in [0.25, 0.3) is 0 Å². The van der Waals surface area contributed by atoms with Gasteiger partial charge >= 0.3 is 12.1 Å². The SMILES string of the molecule is CC(CC(=O)N1CC(C)C(CC(=O)O)C1)NC(=O)OCC1c2ccccc2-c2ccccc21. The maximum atomic E-state index is 12.6. The number of rotatable bonds is 7. The molecular weight excluding hydrogens is 420 g/mol. The van der Waals surface area contributed by atoms with Crippen molar-refractivity contribution >= 4 is 18.0 Å². The van der Waals surface area contributed by atoms with Gasteiger partial charge in [-0.05, 0) is 41.0 Å². The number of carboxylic acid groups (broad SMARTS) is 1. The number of carbonyl (C=O) groups is 3. The Morgan fingerprint density at radius 2 is 1.67 bits per heavy atom. The summed E-state index contributed by atoms with van der Waals surface area (Å²) in [6.07, 6.45) is -0.328. The highest BCUT2D eigenvalue weighted by Gasteiger charge is 2.34. The van der Waals surface area contributed by atoms with E-state index in [1.54, 1.807) is 11.8 Å². The van der Waals surface area contributed by atoms with E-state index in [1.165, 1.54) is 11.1 Å². The van der Waals surface area contributed by atoms with Crippen LogP contribution in [0.15, 0.2) is 48.5 Å². The van der Waals surface area contributed by atoms with Crippen molar-refractivity contribution in [1.82, 2.24) is 10.2 Å². The van der Waals surface area contributed by atoms with Crippen molar-refractivity contribution in [3.63, 3.8) is 0 Å². The lowest BCUT2D eigenvalue weighted by Gasteiger charge is -2.20. The number of hydrogen-bond acceptors (Lipinski definition) is 4. The predicted molar refractivity (Wildman–Crippen MR) is 124 cm³/mol. The fraction of sp³-hybridized carbons (Fsp3) is 0.423. The molecule has 1 aliphatic carbocycles. The van der Waals surface area contributed by atoms with Gasteiger partial charge in [0.2, 0.25) is 5.91 Å². The molecule has 1 saturated heterocycles. The van der Waals surface area contributed by atoms with Gasteiger partial charge in [-0.2, -0.15) is 0 Å². The second-order valence-electron chi connectivity index (χ2n) is 9.21. The quantitative estimate of drug-likeness (QED) is 0.668. The fourth-order valence-electron chi connectivity index (χ4n) is 5.01. The third-order valence-electron chi connectivity index (χ3n) is 6.75. The molecule has 2 amide bonds. The summed E-state index contributed by atoms with van der Waals surface area (Å²) < 4.78 is 5.56. The molecule has 0 bridgehead atoms. The monoisotopic (exact) mass is 450 g/mol. The minimum absolute atomic E-state index is 0.0163. The van der Waals surface area contributed by atoms with Crippen molar-refractivity contribution in [2.45, 2.75) is 38.6 Å². The van der Waals surface area contributed by atoms with Gasteiger partial charge < -0.3 is 20.1 Å². The summed E-state index contributed by atoms with van der Waals surface area (Å²) >= 11 is 0. The second kappa shape index (κ2) is 9.65. The molecule has 0 radical (unpaired) electrons. The Balaban J connectivity index is 1.28. The zero-order valence-electron chi connectivity index (χ0n) is 19.0. The van der Waals surface area contributed by atoms with Crippen LogP contribution in [0, 0.1) is 11.8 Å². The molecule has 3 unspecified atom stereocenters. The average Bonchev–Trinajstić information content (AvgIpc) is 3.29. The summed E-state index contributed by atoms with van der Waals surface area (Å²) in [5, 5.41) is 11.8. The largest absolute Gasteiger partial charge is 0.481 e. The molecule has 33 heavy (non-hydrogen) atoms. The molecule has 1 aliphatic heterocycles. The molecule has 3 atom stereocenters. The van der Waals surface area contributed by atoms with Gasteiger partial charge in [0, 0.05) is 31.5 Å². The van der Waals surface area contributed by atoms with Gasteiger partial charge in [0.05, 0.1) is 6.42 Å². The van der Waals surface area contributed by atoms with Crippen molar-refractivity contribution in [3.05, 3.63) is 59.7 Å². The summed E-state index contributed by atoms with van der Waals surface area (Å²) in [6.45, 7) is 4.96. The molecule has 1 fully saturated rings. The Bertz CT molecular complexity index is 1010. The number of hydrogen-bond donors (Lipinski definition) is 2. The Hall–Kier alpha value is -3.35. The lowest BCUT2D eigenvalue weighted by atomic mass is 9.95. The van der Waals surface area contributed by atoms with Gasteiger partial charge in [0.15, 0.2) is 0 Å². The number of carbonyl (C=O) groups excluding carboxylic acids is 2. The van der Waals surface area contributed by atoms with Crippen LogP contribution in [0.3, 0.4) is 0 Å². The number of nitrogens with one attached hydrogen (secondary N) is 1. The second-order valence-corrected chi connectivity index (χ2v) is 9.21. The van der Waals surface area contributed by atoms with Crippen LogP contribution in [0.4, 0.5) is 4.79 Å². The lowest BCUT2D eigenvalue weighted by molar-refractivity contribution is -0.138. The Labute approximate surface area is 193 Å². The number of alkyl carbamates (subject to hydrolysis) is 1. The summed E-state index contributed by atoms with van der Waals surface area (Å²) in [7, 11) is 0.